The summed E-state index contributed by atoms with van der Waals surface area (Å²) in [7, 11) is 0. The van der Waals surface area contributed by atoms with Crippen LogP contribution < -0.4 is 0 Å². The molecule has 2 aromatic carbocycles. The van der Waals surface area contributed by atoms with E-state index in [2.05, 4.69) is 22.6 Å². The molecule has 0 unspecified atom stereocenters. The number of alkyl halides is 1. The lowest BCUT2D eigenvalue weighted by Crippen LogP contribution is -2.29. The number of aliphatic hydroxyl groups excluding tert-OH is 1. The molecule has 1 N–H and O–H groups in total. The third-order valence-corrected chi connectivity index (χ3v) is 5.09. The van der Waals surface area contributed by atoms with E-state index < -0.39 is 12.0 Å². The molecular weight excluding hydrogens is 375 g/mol. The van der Waals surface area contributed by atoms with Crippen LogP contribution in [0, 0.1) is 11.8 Å². The Morgan fingerprint density at radius 2 is 1.57 bits per heavy atom. The van der Waals surface area contributed by atoms with Crippen LogP contribution in [-0.4, -0.2) is 15.3 Å². The maximum atomic E-state index is 12.8. The number of carbonyl (C=O) groups excluding carboxylic acids is 1. The Labute approximate surface area is 139 Å². The van der Waals surface area contributed by atoms with Crippen LogP contribution in [0.3, 0.4) is 0 Å². The predicted octanol–water partition coefficient (Wildman–Crippen LogP) is 4.29. The third-order valence-electron chi connectivity index (χ3n) is 3.70. The number of hydrogen-bond acceptors (Lipinski definition) is 2. The van der Waals surface area contributed by atoms with Crippen molar-refractivity contribution in [3.05, 3.63) is 71.8 Å². The zero-order chi connectivity index (χ0) is 15.2. The summed E-state index contributed by atoms with van der Waals surface area (Å²) in [4.78, 5) is 12.8. The first-order valence-corrected chi connectivity index (χ1v) is 8.56. The second-order valence-electron chi connectivity index (χ2n) is 5.24. The van der Waals surface area contributed by atoms with E-state index in [1.807, 2.05) is 67.6 Å². The zero-order valence-electron chi connectivity index (χ0n) is 11.9. The van der Waals surface area contributed by atoms with Gasteiger partial charge in [0.05, 0.1) is 12.0 Å². The minimum absolute atomic E-state index is 0.0103. The molecule has 21 heavy (non-hydrogen) atoms. The van der Waals surface area contributed by atoms with Crippen LogP contribution in [0.2, 0.25) is 0 Å². The molecule has 0 aliphatic heterocycles. The fourth-order valence-corrected chi connectivity index (χ4v) is 3.01. The van der Waals surface area contributed by atoms with Crippen molar-refractivity contribution in [3.63, 3.8) is 0 Å². The van der Waals surface area contributed by atoms with Crippen LogP contribution in [0.1, 0.15) is 28.9 Å². The number of halogens is 1. The average Bonchev–Trinajstić information content (AvgIpc) is 2.56. The summed E-state index contributed by atoms with van der Waals surface area (Å²) >= 11 is 2.27. The lowest BCUT2D eigenvalue weighted by atomic mass is 9.81. The number of carbonyl (C=O) groups is 1. The maximum Gasteiger partial charge on any atom is 0.169 e. The third kappa shape index (κ3) is 3.92. The average molecular weight is 394 g/mol. The molecule has 3 atom stereocenters. The summed E-state index contributed by atoms with van der Waals surface area (Å²) in [5.41, 5.74) is 1.46. The molecule has 2 aromatic rings. The smallest absolute Gasteiger partial charge is 0.169 e. The van der Waals surface area contributed by atoms with Crippen LogP contribution in [0.15, 0.2) is 60.7 Å². The molecule has 2 rings (SSSR count). The second kappa shape index (κ2) is 7.71. The second-order valence-corrected chi connectivity index (χ2v) is 6.12. The van der Waals surface area contributed by atoms with E-state index >= 15 is 0 Å². The molecule has 0 amide bonds. The van der Waals surface area contributed by atoms with E-state index in [9.17, 15) is 9.90 Å². The van der Waals surface area contributed by atoms with E-state index in [4.69, 9.17) is 0 Å². The number of ketones is 1. The van der Waals surface area contributed by atoms with E-state index in [0.29, 0.717) is 5.56 Å². The van der Waals surface area contributed by atoms with Crippen molar-refractivity contribution in [2.45, 2.75) is 13.0 Å². The summed E-state index contributed by atoms with van der Waals surface area (Å²) in [6.07, 6.45) is -0.774. The van der Waals surface area contributed by atoms with Gasteiger partial charge in [-0.05, 0) is 11.5 Å². The minimum atomic E-state index is -0.774. The largest absolute Gasteiger partial charge is 0.388 e. The van der Waals surface area contributed by atoms with Crippen molar-refractivity contribution in [3.8, 4) is 0 Å². The topological polar surface area (TPSA) is 37.3 Å². The van der Waals surface area contributed by atoms with Gasteiger partial charge in [-0.25, -0.2) is 0 Å². The highest BCUT2D eigenvalue weighted by Crippen LogP contribution is 2.32. The first-order chi connectivity index (χ1) is 10.1. The molecule has 3 heteroatoms. The molecule has 0 aliphatic rings. The summed E-state index contributed by atoms with van der Waals surface area (Å²) in [6, 6.07) is 18.6. The lowest BCUT2D eigenvalue weighted by Gasteiger charge is -2.27. The van der Waals surface area contributed by atoms with Crippen molar-refractivity contribution < 1.29 is 9.90 Å². The SMILES string of the molecule is C[C@H](CI)[C@@H](C(=O)c1ccccc1)[C@@H](O)c1ccccc1. The van der Waals surface area contributed by atoms with Crippen LogP contribution in [0.5, 0.6) is 0 Å². The van der Waals surface area contributed by atoms with Gasteiger partial charge in [0.2, 0.25) is 0 Å². The summed E-state index contributed by atoms with van der Waals surface area (Å²) in [5.74, 6) is -0.309. The molecule has 0 aliphatic carbocycles. The van der Waals surface area contributed by atoms with Crippen molar-refractivity contribution in [2.24, 2.45) is 11.8 Å². The molecule has 2 nitrogen and oxygen atoms in total. The summed E-state index contributed by atoms with van der Waals surface area (Å²) < 4.78 is 0.824. The fraction of sp³-hybridized carbons (Fsp3) is 0.278. The van der Waals surface area contributed by atoms with Crippen molar-refractivity contribution in [2.75, 3.05) is 4.43 Å². The number of rotatable bonds is 6. The van der Waals surface area contributed by atoms with Gasteiger partial charge in [-0.15, -0.1) is 0 Å². The first-order valence-electron chi connectivity index (χ1n) is 7.03. The van der Waals surface area contributed by atoms with Gasteiger partial charge in [-0.2, -0.15) is 0 Å². The number of hydrogen-bond donors (Lipinski definition) is 1. The van der Waals surface area contributed by atoms with E-state index in [1.165, 1.54) is 0 Å². The van der Waals surface area contributed by atoms with E-state index in [-0.39, 0.29) is 11.7 Å². The van der Waals surface area contributed by atoms with Crippen LogP contribution in [-0.2, 0) is 0 Å². The van der Waals surface area contributed by atoms with Crippen LogP contribution >= 0.6 is 22.6 Å². The molecule has 0 saturated carbocycles. The summed E-state index contributed by atoms with van der Waals surface area (Å²) in [6.45, 7) is 2.02. The van der Waals surface area contributed by atoms with Gasteiger partial charge in [0.25, 0.3) is 0 Å². The Morgan fingerprint density at radius 1 is 1.05 bits per heavy atom. The standard InChI is InChI=1S/C18H19IO2/c1-13(12-19)16(17(20)14-8-4-2-5-9-14)18(21)15-10-6-3-7-11-15/h2-11,13,16-17,20H,12H2,1H3/t13-,16-,17+/m1/s1. The van der Waals surface area contributed by atoms with Crippen LogP contribution in [0.25, 0.3) is 0 Å². The number of Topliss-reactive ketones (excluding diaryl/α,β-unsaturated/α-hetero) is 1. The van der Waals surface area contributed by atoms with Gasteiger partial charge in [0, 0.05) is 9.99 Å². The Kier molecular flexibility index (Phi) is 5.94. The van der Waals surface area contributed by atoms with E-state index in [0.717, 1.165) is 9.99 Å². The van der Waals surface area contributed by atoms with Gasteiger partial charge in [-0.1, -0.05) is 90.2 Å². The normalized spacial score (nSPS) is 15.2. The lowest BCUT2D eigenvalue weighted by molar-refractivity contribution is 0.0571. The van der Waals surface area contributed by atoms with Gasteiger partial charge in [-0.3, -0.25) is 4.79 Å². The highest BCUT2D eigenvalue weighted by Gasteiger charge is 2.32. The molecule has 0 aromatic heterocycles. The molecular formula is C18H19IO2. The Bertz CT molecular complexity index is 568. The molecule has 0 heterocycles. The van der Waals surface area contributed by atoms with Crippen LogP contribution in [0.4, 0.5) is 0 Å². The predicted molar refractivity (Wildman–Crippen MR) is 93.7 cm³/mol. The van der Waals surface area contributed by atoms with Gasteiger partial charge in [0.15, 0.2) is 5.78 Å². The number of aliphatic hydroxyl groups is 1. The summed E-state index contributed by atoms with van der Waals surface area (Å²) in [5, 5.41) is 10.7. The Morgan fingerprint density at radius 3 is 2.10 bits per heavy atom. The minimum Gasteiger partial charge on any atom is -0.388 e. The van der Waals surface area contributed by atoms with Gasteiger partial charge >= 0.3 is 0 Å². The van der Waals surface area contributed by atoms with Crippen molar-refractivity contribution in [1.82, 2.24) is 0 Å². The highest BCUT2D eigenvalue weighted by atomic mass is 127. The molecule has 0 bridgehead atoms. The first kappa shape index (κ1) is 16.2. The van der Waals surface area contributed by atoms with Crippen molar-refractivity contribution >= 4 is 28.4 Å². The monoisotopic (exact) mass is 394 g/mol. The van der Waals surface area contributed by atoms with Crippen molar-refractivity contribution in [1.29, 1.82) is 0 Å². The zero-order valence-corrected chi connectivity index (χ0v) is 14.1. The Balaban J connectivity index is 2.33. The molecule has 0 fully saturated rings. The fourth-order valence-electron chi connectivity index (χ4n) is 2.46. The maximum absolute atomic E-state index is 12.8. The van der Waals surface area contributed by atoms with Gasteiger partial charge < -0.3 is 5.11 Å². The molecule has 0 saturated heterocycles. The highest BCUT2D eigenvalue weighted by molar-refractivity contribution is 14.1. The van der Waals surface area contributed by atoms with E-state index in [1.54, 1.807) is 0 Å². The molecule has 0 spiro atoms. The quantitative estimate of drug-likeness (QED) is 0.451. The Hall–Kier alpha value is -1.20. The molecule has 0 radical (unpaired) electrons. The number of benzene rings is 2. The molecule has 110 valence electrons. The van der Waals surface area contributed by atoms with Gasteiger partial charge in [0.1, 0.15) is 0 Å².